The predicted molar refractivity (Wildman–Crippen MR) is 85.7 cm³/mol. The first-order chi connectivity index (χ1) is 10.7. The van der Waals surface area contributed by atoms with Crippen LogP contribution in [0.15, 0.2) is 0 Å². The Balaban J connectivity index is 1.50. The van der Waals surface area contributed by atoms with Crippen LogP contribution in [0.25, 0.3) is 0 Å². The van der Waals surface area contributed by atoms with E-state index in [1.807, 2.05) is 0 Å². The van der Waals surface area contributed by atoms with E-state index in [1.165, 1.54) is 19.3 Å². The molecule has 3 amide bonds. The molecule has 1 aliphatic carbocycles. The third kappa shape index (κ3) is 6.62. The molecular formula is C15H29N5O2. The molecule has 2 aliphatic rings. The summed E-state index contributed by atoms with van der Waals surface area (Å²) in [4.78, 5) is 25.7. The molecule has 0 radical (unpaired) electrons. The summed E-state index contributed by atoms with van der Waals surface area (Å²) in [7, 11) is 0. The minimum Gasteiger partial charge on any atom is -0.353 e. The Hall–Kier alpha value is -1.34. The highest BCUT2D eigenvalue weighted by Gasteiger charge is 2.16. The molecule has 1 saturated carbocycles. The molecule has 7 nitrogen and oxygen atoms in total. The standard InChI is InChI=1S/C15H29N5O2/c21-14(17-8-11-20-9-6-16-7-10-20)12-18-15(22)19-13-4-2-1-3-5-13/h13,16H,1-12H2,(H,17,21)(H2,18,19,22). The molecule has 2 fully saturated rings. The average Bonchev–Trinajstić information content (AvgIpc) is 2.55. The van der Waals surface area contributed by atoms with Crippen LogP contribution in [0.5, 0.6) is 0 Å². The third-order valence-corrected chi connectivity index (χ3v) is 4.31. The van der Waals surface area contributed by atoms with E-state index in [1.54, 1.807) is 0 Å². The topological polar surface area (TPSA) is 85.5 Å². The Labute approximate surface area is 132 Å². The van der Waals surface area contributed by atoms with Gasteiger partial charge in [0.25, 0.3) is 0 Å². The first-order valence-corrected chi connectivity index (χ1v) is 8.48. The fraction of sp³-hybridized carbons (Fsp3) is 0.867. The highest BCUT2D eigenvalue weighted by Crippen LogP contribution is 2.16. The predicted octanol–water partition coefficient (Wildman–Crippen LogP) is -0.360. The van der Waals surface area contributed by atoms with Gasteiger partial charge in [0.1, 0.15) is 0 Å². The first-order valence-electron chi connectivity index (χ1n) is 8.48. The van der Waals surface area contributed by atoms with Crippen LogP contribution in [-0.4, -0.2) is 68.7 Å². The number of amides is 3. The quantitative estimate of drug-likeness (QED) is 0.540. The molecule has 0 aromatic carbocycles. The van der Waals surface area contributed by atoms with E-state index in [-0.39, 0.29) is 24.5 Å². The zero-order chi connectivity index (χ0) is 15.6. The molecule has 0 spiro atoms. The summed E-state index contributed by atoms with van der Waals surface area (Å²) < 4.78 is 0. The van der Waals surface area contributed by atoms with Crippen LogP contribution in [0.1, 0.15) is 32.1 Å². The van der Waals surface area contributed by atoms with Crippen LogP contribution < -0.4 is 21.3 Å². The Morgan fingerprint density at radius 1 is 1.05 bits per heavy atom. The fourth-order valence-electron chi connectivity index (χ4n) is 2.99. The van der Waals surface area contributed by atoms with E-state index in [9.17, 15) is 9.59 Å². The zero-order valence-electron chi connectivity index (χ0n) is 13.3. The largest absolute Gasteiger partial charge is 0.353 e. The van der Waals surface area contributed by atoms with Crippen molar-refractivity contribution in [2.75, 3.05) is 45.8 Å². The molecule has 1 heterocycles. The SMILES string of the molecule is O=C(CNC(=O)NC1CCCCC1)NCCN1CCNCC1. The smallest absolute Gasteiger partial charge is 0.315 e. The molecule has 126 valence electrons. The number of carbonyl (C=O) groups excluding carboxylic acids is 2. The number of rotatable bonds is 6. The summed E-state index contributed by atoms with van der Waals surface area (Å²) in [5.41, 5.74) is 0. The zero-order valence-corrected chi connectivity index (χ0v) is 13.3. The van der Waals surface area contributed by atoms with Gasteiger partial charge in [-0.25, -0.2) is 4.79 Å². The molecule has 0 aromatic heterocycles. The molecule has 0 atom stereocenters. The van der Waals surface area contributed by atoms with Crippen LogP contribution in [-0.2, 0) is 4.79 Å². The van der Waals surface area contributed by atoms with Gasteiger partial charge in [-0.05, 0) is 12.8 Å². The molecule has 1 saturated heterocycles. The second-order valence-electron chi connectivity index (χ2n) is 6.10. The van der Waals surface area contributed by atoms with E-state index in [0.29, 0.717) is 6.54 Å². The van der Waals surface area contributed by atoms with Crippen LogP contribution in [0.2, 0.25) is 0 Å². The van der Waals surface area contributed by atoms with E-state index in [4.69, 9.17) is 0 Å². The van der Waals surface area contributed by atoms with Gasteiger partial charge in [-0.1, -0.05) is 19.3 Å². The number of nitrogens with one attached hydrogen (secondary N) is 4. The number of hydrogen-bond acceptors (Lipinski definition) is 4. The normalized spacial score (nSPS) is 20.4. The van der Waals surface area contributed by atoms with Crippen molar-refractivity contribution in [3.05, 3.63) is 0 Å². The van der Waals surface area contributed by atoms with Gasteiger partial charge in [0.2, 0.25) is 5.91 Å². The first kappa shape index (κ1) is 17.0. The second kappa shape index (κ2) is 9.63. The van der Waals surface area contributed by atoms with Crippen molar-refractivity contribution in [3.63, 3.8) is 0 Å². The number of hydrogen-bond donors (Lipinski definition) is 4. The summed E-state index contributed by atoms with van der Waals surface area (Å²) in [6.45, 7) is 5.61. The van der Waals surface area contributed by atoms with E-state index >= 15 is 0 Å². The molecule has 1 aliphatic heterocycles. The molecule has 2 rings (SSSR count). The number of urea groups is 1. The van der Waals surface area contributed by atoms with Gasteiger partial charge in [-0.2, -0.15) is 0 Å². The van der Waals surface area contributed by atoms with Crippen molar-refractivity contribution < 1.29 is 9.59 Å². The maximum Gasteiger partial charge on any atom is 0.315 e. The number of nitrogens with zero attached hydrogens (tertiary/aromatic N) is 1. The van der Waals surface area contributed by atoms with Crippen molar-refractivity contribution in [1.82, 2.24) is 26.2 Å². The summed E-state index contributed by atoms with van der Waals surface area (Å²) in [6, 6.07) is 0.0358. The number of carbonyl (C=O) groups is 2. The van der Waals surface area contributed by atoms with Gasteiger partial charge in [-0.15, -0.1) is 0 Å². The minimum atomic E-state index is -0.232. The third-order valence-electron chi connectivity index (χ3n) is 4.31. The fourth-order valence-corrected chi connectivity index (χ4v) is 2.99. The average molecular weight is 311 g/mol. The lowest BCUT2D eigenvalue weighted by Gasteiger charge is -2.27. The van der Waals surface area contributed by atoms with Crippen molar-refractivity contribution in [2.45, 2.75) is 38.1 Å². The lowest BCUT2D eigenvalue weighted by Crippen LogP contribution is -2.48. The summed E-state index contributed by atoms with van der Waals surface area (Å²) in [5.74, 6) is -0.131. The van der Waals surface area contributed by atoms with Gasteiger partial charge >= 0.3 is 6.03 Å². The van der Waals surface area contributed by atoms with Crippen LogP contribution in [0.3, 0.4) is 0 Å². The highest BCUT2D eigenvalue weighted by molar-refractivity contribution is 5.83. The highest BCUT2D eigenvalue weighted by atomic mass is 16.2. The lowest BCUT2D eigenvalue weighted by molar-refractivity contribution is -0.120. The van der Waals surface area contributed by atoms with Crippen molar-refractivity contribution in [2.24, 2.45) is 0 Å². The van der Waals surface area contributed by atoms with Gasteiger partial charge in [0.05, 0.1) is 6.54 Å². The van der Waals surface area contributed by atoms with Gasteiger partial charge in [0.15, 0.2) is 0 Å². The van der Waals surface area contributed by atoms with Crippen molar-refractivity contribution in [3.8, 4) is 0 Å². The molecule has 0 aromatic rings. The van der Waals surface area contributed by atoms with E-state index in [2.05, 4.69) is 26.2 Å². The summed E-state index contributed by atoms with van der Waals surface area (Å²) >= 11 is 0. The van der Waals surface area contributed by atoms with E-state index < -0.39 is 0 Å². The second-order valence-corrected chi connectivity index (χ2v) is 6.10. The van der Waals surface area contributed by atoms with Gasteiger partial charge in [-0.3, -0.25) is 9.69 Å². The minimum absolute atomic E-state index is 0.0418. The molecule has 0 unspecified atom stereocenters. The van der Waals surface area contributed by atoms with Crippen LogP contribution >= 0.6 is 0 Å². The Morgan fingerprint density at radius 3 is 2.50 bits per heavy atom. The van der Waals surface area contributed by atoms with E-state index in [0.717, 1.165) is 45.6 Å². The maximum atomic E-state index is 11.7. The van der Waals surface area contributed by atoms with Crippen LogP contribution in [0, 0.1) is 0 Å². The molecular weight excluding hydrogens is 282 g/mol. The lowest BCUT2D eigenvalue weighted by atomic mass is 9.96. The molecule has 4 N–H and O–H groups in total. The van der Waals surface area contributed by atoms with Crippen molar-refractivity contribution in [1.29, 1.82) is 0 Å². The maximum absolute atomic E-state index is 11.7. The molecule has 7 heteroatoms. The molecule has 0 bridgehead atoms. The Bertz CT molecular complexity index is 352. The monoisotopic (exact) mass is 311 g/mol. The van der Waals surface area contributed by atoms with Gasteiger partial charge in [0, 0.05) is 45.3 Å². The Morgan fingerprint density at radius 2 is 1.77 bits per heavy atom. The molecule has 22 heavy (non-hydrogen) atoms. The summed E-state index contributed by atoms with van der Waals surface area (Å²) in [6.07, 6.45) is 5.71. The summed E-state index contributed by atoms with van der Waals surface area (Å²) in [5, 5.41) is 11.7. The van der Waals surface area contributed by atoms with Gasteiger partial charge < -0.3 is 21.3 Å². The van der Waals surface area contributed by atoms with Crippen LogP contribution in [0.4, 0.5) is 4.79 Å². The Kier molecular flexibility index (Phi) is 7.45. The van der Waals surface area contributed by atoms with Crippen molar-refractivity contribution >= 4 is 11.9 Å². The number of piperazine rings is 1.